The van der Waals surface area contributed by atoms with E-state index in [0.717, 1.165) is 6.42 Å². The van der Waals surface area contributed by atoms with Crippen molar-refractivity contribution in [3.63, 3.8) is 0 Å². The van der Waals surface area contributed by atoms with Crippen LogP contribution < -0.4 is 0 Å². The van der Waals surface area contributed by atoms with E-state index in [1.165, 1.54) is 0 Å². The van der Waals surface area contributed by atoms with E-state index in [9.17, 15) is 9.59 Å². The van der Waals surface area contributed by atoms with Gasteiger partial charge in [0.05, 0.1) is 5.92 Å². The van der Waals surface area contributed by atoms with E-state index in [1.54, 1.807) is 13.0 Å². The highest BCUT2D eigenvalue weighted by atomic mass is 16.4. The smallest absolute Gasteiger partial charge is 0.306 e. The normalized spacial score (nSPS) is 26.9. The maximum atomic E-state index is 12.2. The number of carbonyl (C=O) groups is 2. The molecule has 19 heavy (non-hydrogen) atoms. The van der Waals surface area contributed by atoms with Crippen molar-refractivity contribution < 1.29 is 14.7 Å². The molecule has 0 saturated carbocycles. The van der Waals surface area contributed by atoms with Gasteiger partial charge >= 0.3 is 5.97 Å². The Morgan fingerprint density at radius 1 is 1.26 bits per heavy atom. The van der Waals surface area contributed by atoms with E-state index in [1.807, 2.05) is 36.5 Å². The highest BCUT2D eigenvalue weighted by Gasteiger charge is 2.25. The number of allylic oxidation sites excluding steroid dienone is 8. The van der Waals surface area contributed by atoms with Crippen LogP contribution in [-0.4, -0.2) is 16.9 Å². The van der Waals surface area contributed by atoms with Crippen LogP contribution in [0.5, 0.6) is 0 Å². The molecule has 0 spiro atoms. The van der Waals surface area contributed by atoms with Gasteiger partial charge in [-0.15, -0.1) is 0 Å². The van der Waals surface area contributed by atoms with Gasteiger partial charge in [-0.3, -0.25) is 9.59 Å². The molecule has 3 unspecified atom stereocenters. The van der Waals surface area contributed by atoms with E-state index in [-0.39, 0.29) is 17.6 Å². The summed E-state index contributed by atoms with van der Waals surface area (Å²) in [5.74, 6) is -1.18. The summed E-state index contributed by atoms with van der Waals surface area (Å²) in [4.78, 5) is 23.2. The number of carbonyl (C=O) groups excluding carboxylic acids is 1. The number of Topliss-reactive ketones (excluding diaryl/α,β-unsaturated/α-hetero) is 1. The number of carboxylic acid groups (broad SMARTS) is 1. The van der Waals surface area contributed by atoms with Gasteiger partial charge in [0.25, 0.3) is 0 Å². The quantitative estimate of drug-likeness (QED) is 0.843. The zero-order chi connectivity index (χ0) is 13.8. The molecule has 0 radical (unpaired) electrons. The topological polar surface area (TPSA) is 54.4 Å². The molecule has 0 aliphatic heterocycles. The number of aliphatic carboxylic acids is 1. The summed E-state index contributed by atoms with van der Waals surface area (Å²) in [5, 5.41) is 8.97. The zero-order valence-electron chi connectivity index (χ0n) is 11.0. The van der Waals surface area contributed by atoms with Crippen LogP contribution in [0.2, 0.25) is 0 Å². The maximum absolute atomic E-state index is 12.2. The lowest BCUT2D eigenvalue weighted by molar-refractivity contribution is -0.142. The van der Waals surface area contributed by atoms with Gasteiger partial charge in [0.2, 0.25) is 0 Å². The number of carboxylic acids is 1. The summed E-state index contributed by atoms with van der Waals surface area (Å²) >= 11 is 0. The van der Waals surface area contributed by atoms with Crippen molar-refractivity contribution in [2.75, 3.05) is 0 Å². The number of rotatable bonds is 4. The van der Waals surface area contributed by atoms with Gasteiger partial charge in [-0.25, -0.2) is 0 Å². The van der Waals surface area contributed by atoms with Crippen LogP contribution in [0, 0.1) is 17.8 Å². The van der Waals surface area contributed by atoms with Gasteiger partial charge in [0, 0.05) is 11.5 Å². The van der Waals surface area contributed by atoms with Gasteiger partial charge in [0.1, 0.15) is 0 Å². The van der Waals surface area contributed by atoms with Crippen LogP contribution in [-0.2, 0) is 9.59 Å². The molecular formula is C16H18O3. The Morgan fingerprint density at radius 3 is 2.58 bits per heavy atom. The van der Waals surface area contributed by atoms with E-state index in [0.29, 0.717) is 12.0 Å². The monoisotopic (exact) mass is 258 g/mol. The molecule has 0 aromatic heterocycles. The fraction of sp³-hybridized carbons (Fsp3) is 0.375. The molecule has 1 N–H and O–H groups in total. The molecule has 0 fully saturated rings. The molecule has 2 aliphatic carbocycles. The van der Waals surface area contributed by atoms with Crippen LogP contribution in [0.1, 0.15) is 19.8 Å². The van der Waals surface area contributed by atoms with E-state index in [2.05, 4.69) is 0 Å². The second kappa shape index (κ2) is 5.83. The molecule has 2 rings (SSSR count). The third-order valence-electron chi connectivity index (χ3n) is 3.77. The second-order valence-electron chi connectivity index (χ2n) is 5.06. The minimum absolute atomic E-state index is 0.0177. The molecule has 3 heteroatoms. The predicted molar refractivity (Wildman–Crippen MR) is 73.5 cm³/mol. The van der Waals surface area contributed by atoms with Crippen molar-refractivity contribution >= 4 is 11.8 Å². The van der Waals surface area contributed by atoms with Crippen molar-refractivity contribution in [2.45, 2.75) is 19.8 Å². The summed E-state index contributed by atoms with van der Waals surface area (Å²) in [6, 6.07) is 0. The van der Waals surface area contributed by atoms with E-state index in [4.69, 9.17) is 5.11 Å². The van der Waals surface area contributed by atoms with Gasteiger partial charge in [0.15, 0.2) is 5.78 Å². The van der Waals surface area contributed by atoms with Gasteiger partial charge in [-0.1, -0.05) is 49.5 Å². The molecule has 0 saturated heterocycles. The molecule has 100 valence electrons. The van der Waals surface area contributed by atoms with Crippen molar-refractivity contribution in [2.24, 2.45) is 17.8 Å². The Labute approximate surface area is 113 Å². The third kappa shape index (κ3) is 3.11. The summed E-state index contributed by atoms with van der Waals surface area (Å²) in [6.45, 7) is 1.70. The Morgan fingerprint density at radius 2 is 2.05 bits per heavy atom. The number of ketones is 1. The van der Waals surface area contributed by atoms with Gasteiger partial charge in [-0.05, 0) is 18.8 Å². The summed E-state index contributed by atoms with van der Waals surface area (Å²) in [7, 11) is 0. The standard InChI is InChI=1S/C16H18O3/c1-11(16(18)19)12-7-9-14(10-8-12)15(17)13-5-3-2-4-6-13/h2-5,7,9-13H,6,8H2,1H3,(H,18,19). The Balaban J connectivity index is 2.00. The van der Waals surface area contributed by atoms with Gasteiger partial charge < -0.3 is 5.11 Å². The first-order chi connectivity index (χ1) is 9.09. The van der Waals surface area contributed by atoms with Crippen LogP contribution in [0.15, 0.2) is 48.1 Å². The average Bonchev–Trinajstić information content (AvgIpc) is 2.46. The Hall–Kier alpha value is -1.90. The lowest BCUT2D eigenvalue weighted by Gasteiger charge is -2.20. The van der Waals surface area contributed by atoms with Crippen LogP contribution in [0.4, 0.5) is 0 Å². The third-order valence-corrected chi connectivity index (χ3v) is 3.77. The second-order valence-corrected chi connectivity index (χ2v) is 5.06. The SMILES string of the molecule is CC(C(=O)O)C1C=CC(C(=O)C2C=CC=CC2)=CC1. The average molecular weight is 258 g/mol. The fourth-order valence-electron chi connectivity index (χ4n) is 2.36. The summed E-state index contributed by atoms with van der Waals surface area (Å²) in [6.07, 6.45) is 14.6. The zero-order valence-corrected chi connectivity index (χ0v) is 11.0. The van der Waals surface area contributed by atoms with Crippen molar-refractivity contribution in [1.29, 1.82) is 0 Å². The lowest BCUT2D eigenvalue weighted by Crippen LogP contribution is -2.22. The number of hydrogen-bond acceptors (Lipinski definition) is 2. The molecule has 0 aromatic rings. The summed E-state index contributed by atoms with van der Waals surface area (Å²) < 4.78 is 0. The van der Waals surface area contributed by atoms with Crippen LogP contribution in [0.3, 0.4) is 0 Å². The first kappa shape index (κ1) is 13.5. The van der Waals surface area contributed by atoms with Crippen molar-refractivity contribution in [3.05, 3.63) is 48.1 Å². The molecule has 0 aromatic carbocycles. The molecule has 0 amide bonds. The first-order valence-electron chi connectivity index (χ1n) is 6.58. The van der Waals surface area contributed by atoms with E-state index < -0.39 is 11.9 Å². The predicted octanol–water partition coefficient (Wildman–Crippen LogP) is 2.91. The minimum Gasteiger partial charge on any atom is -0.481 e. The Bertz CT molecular complexity index is 494. The Kier molecular flexibility index (Phi) is 4.15. The maximum Gasteiger partial charge on any atom is 0.306 e. The van der Waals surface area contributed by atoms with Crippen LogP contribution >= 0.6 is 0 Å². The van der Waals surface area contributed by atoms with Crippen LogP contribution in [0.25, 0.3) is 0 Å². The highest BCUT2D eigenvalue weighted by molar-refractivity contribution is 6.01. The molecule has 0 bridgehead atoms. The summed E-state index contributed by atoms with van der Waals surface area (Å²) in [5.41, 5.74) is 0.707. The first-order valence-corrected chi connectivity index (χ1v) is 6.58. The molecular weight excluding hydrogens is 240 g/mol. The van der Waals surface area contributed by atoms with E-state index >= 15 is 0 Å². The molecule has 3 atom stereocenters. The molecule has 2 aliphatic rings. The fourth-order valence-corrected chi connectivity index (χ4v) is 2.36. The molecule has 0 heterocycles. The largest absolute Gasteiger partial charge is 0.481 e. The van der Waals surface area contributed by atoms with Crippen molar-refractivity contribution in [3.8, 4) is 0 Å². The lowest BCUT2D eigenvalue weighted by atomic mass is 9.83. The van der Waals surface area contributed by atoms with Crippen molar-refractivity contribution in [1.82, 2.24) is 0 Å². The van der Waals surface area contributed by atoms with Gasteiger partial charge in [-0.2, -0.15) is 0 Å². The molecule has 3 nitrogen and oxygen atoms in total. The highest BCUT2D eigenvalue weighted by Crippen LogP contribution is 2.26. The minimum atomic E-state index is -0.793. The number of hydrogen-bond donors (Lipinski definition) is 1.